The number of nitrogens with one attached hydrogen (secondary N) is 2. The predicted molar refractivity (Wildman–Crippen MR) is 94.8 cm³/mol. The second-order valence-corrected chi connectivity index (χ2v) is 6.29. The molecular formula is C18H20BrFN2O. The van der Waals surface area contributed by atoms with E-state index in [1.807, 2.05) is 24.3 Å². The topological polar surface area (TPSA) is 41.1 Å². The summed E-state index contributed by atoms with van der Waals surface area (Å²) in [6.45, 7) is 3.83. The number of anilines is 1. The molecule has 0 heterocycles. The van der Waals surface area contributed by atoms with Gasteiger partial charge in [-0.3, -0.25) is 10.1 Å². The Balaban J connectivity index is 2.01. The molecule has 0 saturated carbocycles. The largest absolute Gasteiger partial charge is 0.322 e. The fourth-order valence-electron chi connectivity index (χ4n) is 2.33. The first-order valence-corrected chi connectivity index (χ1v) is 8.37. The van der Waals surface area contributed by atoms with Gasteiger partial charge in [0.1, 0.15) is 5.82 Å². The molecule has 0 aliphatic carbocycles. The van der Waals surface area contributed by atoms with E-state index in [0.717, 1.165) is 16.5 Å². The van der Waals surface area contributed by atoms with Gasteiger partial charge in [0, 0.05) is 10.5 Å². The number of para-hydroxylation sites is 1. The molecule has 1 amide bonds. The van der Waals surface area contributed by atoms with Crippen molar-refractivity contribution >= 4 is 27.5 Å². The maximum atomic E-state index is 13.6. The molecule has 0 aliphatic rings. The Hall–Kier alpha value is -1.72. The normalized spacial score (nSPS) is 13.4. The van der Waals surface area contributed by atoms with Gasteiger partial charge in [-0.05, 0) is 43.2 Å². The van der Waals surface area contributed by atoms with Crippen LogP contribution in [-0.2, 0) is 4.79 Å². The van der Waals surface area contributed by atoms with Crippen molar-refractivity contribution in [2.45, 2.75) is 32.4 Å². The molecule has 0 unspecified atom stereocenters. The highest BCUT2D eigenvalue weighted by Gasteiger charge is 2.19. The third kappa shape index (κ3) is 4.88. The van der Waals surface area contributed by atoms with Crippen LogP contribution in [0.15, 0.2) is 53.0 Å². The third-order valence-corrected chi connectivity index (χ3v) is 4.19. The summed E-state index contributed by atoms with van der Waals surface area (Å²) in [6, 6.07) is 13.8. The molecule has 2 N–H and O–H groups in total. The van der Waals surface area contributed by atoms with Crippen molar-refractivity contribution in [1.29, 1.82) is 0 Å². The van der Waals surface area contributed by atoms with Gasteiger partial charge in [0.15, 0.2) is 0 Å². The quantitative estimate of drug-likeness (QED) is 0.767. The van der Waals surface area contributed by atoms with Crippen molar-refractivity contribution in [3.05, 3.63) is 64.4 Å². The zero-order chi connectivity index (χ0) is 16.8. The smallest absolute Gasteiger partial charge is 0.241 e. The lowest BCUT2D eigenvalue weighted by Crippen LogP contribution is -2.40. The van der Waals surface area contributed by atoms with E-state index in [4.69, 9.17) is 0 Å². The van der Waals surface area contributed by atoms with Gasteiger partial charge in [-0.25, -0.2) is 4.39 Å². The second-order valence-electron chi connectivity index (χ2n) is 5.37. The Morgan fingerprint density at radius 3 is 2.43 bits per heavy atom. The summed E-state index contributed by atoms with van der Waals surface area (Å²) in [5, 5.41) is 5.91. The van der Waals surface area contributed by atoms with Crippen LogP contribution in [0.1, 0.15) is 31.9 Å². The van der Waals surface area contributed by atoms with Crippen LogP contribution in [0.2, 0.25) is 0 Å². The van der Waals surface area contributed by atoms with Gasteiger partial charge in [0.05, 0.1) is 11.7 Å². The summed E-state index contributed by atoms with van der Waals surface area (Å²) in [4.78, 5) is 12.3. The summed E-state index contributed by atoms with van der Waals surface area (Å²) in [5.74, 6) is -0.696. The Bertz CT molecular complexity index is 660. The Morgan fingerprint density at radius 1 is 1.17 bits per heavy atom. The first-order chi connectivity index (χ1) is 11.0. The molecular weight excluding hydrogens is 359 g/mol. The van der Waals surface area contributed by atoms with E-state index >= 15 is 0 Å². The van der Waals surface area contributed by atoms with E-state index in [0.29, 0.717) is 0 Å². The van der Waals surface area contributed by atoms with Crippen molar-refractivity contribution in [1.82, 2.24) is 5.32 Å². The Morgan fingerprint density at radius 2 is 1.83 bits per heavy atom. The SMILES string of the molecule is CC[C@@H](N[C@@H](C)C(=O)Nc1ccccc1F)c1ccc(Br)cc1. The molecule has 0 spiro atoms. The van der Waals surface area contributed by atoms with Crippen LogP contribution in [0.3, 0.4) is 0 Å². The minimum absolute atomic E-state index is 0.0597. The van der Waals surface area contributed by atoms with Crippen molar-refractivity contribution in [2.75, 3.05) is 5.32 Å². The van der Waals surface area contributed by atoms with Gasteiger partial charge in [-0.1, -0.05) is 47.1 Å². The lowest BCUT2D eigenvalue weighted by molar-refractivity contribution is -0.118. The molecule has 2 rings (SSSR count). The van der Waals surface area contributed by atoms with Crippen LogP contribution in [0, 0.1) is 5.82 Å². The van der Waals surface area contributed by atoms with Gasteiger partial charge in [-0.15, -0.1) is 0 Å². The molecule has 0 aliphatic heterocycles. The predicted octanol–water partition coefficient (Wildman–Crippen LogP) is 4.66. The summed E-state index contributed by atoms with van der Waals surface area (Å²) >= 11 is 3.41. The minimum Gasteiger partial charge on any atom is -0.322 e. The van der Waals surface area contributed by atoms with Crippen LogP contribution >= 0.6 is 15.9 Å². The number of rotatable bonds is 6. The molecule has 5 heteroatoms. The molecule has 2 aromatic rings. The number of carbonyl (C=O) groups is 1. The zero-order valence-electron chi connectivity index (χ0n) is 13.1. The summed E-state index contributed by atoms with van der Waals surface area (Å²) < 4.78 is 14.6. The van der Waals surface area contributed by atoms with Gasteiger partial charge < -0.3 is 5.32 Å². The molecule has 2 atom stereocenters. The monoisotopic (exact) mass is 378 g/mol. The van der Waals surface area contributed by atoms with E-state index in [-0.39, 0.29) is 17.6 Å². The lowest BCUT2D eigenvalue weighted by atomic mass is 10.0. The van der Waals surface area contributed by atoms with Crippen molar-refractivity contribution < 1.29 is 9.18 Å². The highest BCUT2D eigenvalue weighted by atomic mass is 79.9. The average Bonchev–Trinajstić information content (AvgIpc) is 2.55. The van der Waals surface area contributed by atoms with E-state index < -0.39 is 11.9 Å². The van der Waals surface area contributed by atoms with Gasteiger partial charge in [0.25, 0.3) is 0 Å². The van der Waals surface area contributed by atoms with Crippen LogP contribution in [0.5, 0.6) is 0 Å². The number of hydrogen-bond donors (Lipinski definition) is 2. The lowest BCUT2D eigenvalue weighted by Gasteiger charge is -2.22. The minimum atomic E-state index is -0.441. The molecule has 3 nitrogen and oxygen atoms in total. The first-order valence-electron chi connectivity index (χ1n) is 7.58. The summed E-state index contributed by atoms with van der Waals surface area (Å²) in [6.07, 6.45) is 0.846. The molecule has 0 aromatic heterocycles. The zero-order valence-corrected chi connectivity index (χ0v) is 14.7. The van der Waals surface area contributed by atoms with Crippen molar-refractivity contribution in [3.8, 4) is 0 Å². The maximum Gasteiger partial charge on any atom is 0.241 e. The van der Waals surface area contributed by atoms with Crippen molar-refractivity contribution in [3.63, 3.8) is 0 Å². The van der Waals surface area contributed by atoms with E-state index in [9.17, 15) is 9.18 Å². The van der Waals surface area contributed by atoms with E-state index in [1.165, 1.54) is 6.07 Å². The molecule has 2 aromatic carbocycles. The van der Waals surface area contributed by atoms with Gasteiger partial charge >= 0.3 is 0 Å². The van der Waals surface area contributed by atoms with E-state index in [1.54, 1.807) is 25.1 Å². The van der Waals surface area contributed by atoms with Crippen LogP contribution < -0.4 is 10.6 Å². The first kappa shape index (κ1) is 17.6. The number of hydrogen-bond acceptors (Lipinski definition) is 2. The molecule has 0 bridgehead atoms. The number of amides is 1. The molecule has 0 saturated heterocycles. The Kier molecular flexibility index (Phi) is 6.30. The molecule has 23 heavy (non-hydrogen) atoms. The maximum absolute atomic E-state index is 13.6. The molecule has 0 radical (unpaired) electrons. The van der Waals surface area contributed by atoms with Crippen molar-refractivity contribution in [2.24, 2.45) is 0 Å². The van der Waals surface area contributed by atoms with Crippen LogP contribution in [0.25, 0.3) is 0 Å². The van der Waals surface area contributed by atoms with Crippen LogP contribution in [0.4, 0.5) is 10.1 Å². The third-order valence-electron chi connectivity index (χ3n) is 3.66. The highest BCUT2D eigenvalue weighted by Crippen LogP contribution is 2.20. The number of halogens is 2. The summed E-state index contributed by atoms with van der Waals surface area (Å²) in [5.41, 5.74) is 1.31. The van der Waals surface area contributed by atoms with Gasteiger partial charge in [-0.2, -0.15) is 0 Å². The van der Waals surface area contributed by atoms with Crippen LogP contribution in [-0.4, -0.2) is 11.9 Å². The fourth-order valence-corrected chi connectivity index (χ4v) is 2.59. The van der Waals surface area contributed by atoms with Gasteiger partial charge in [0.2, 0.25) is 5.91 Å². The number of carbonyl (C=O) groups excluding carboxylic acids is 1. The fraction of sp³-hybridized carbons (Fsp3) is 0.278. The molecule has 0 fully saturated rings. The summed E-state index contributed by atoms with van der Waals surface area (Å²) in [7, 11) is 0. The standard InChI is InChI=1S/C18H20BrFN2O/c1-3-16(13-8-10-14(19)11-9-13)21-12(2)18(23)22-17-7-5-4-6-15(17)20/h4-12,16,21H,3H2,1-2H3,(H,22,23)/t12-,16+/m0/s1. The molecule has 122 valence electrons. The highest BCUT2D eigenvalue weighted by molar-refractivity contribution is 9.10. The number of benzene rings is 2. The average molecular weight is 379 g/mol. The second kappa shape index (κ2) is 8.22. The Labute approximate surface area is 144 Å². The van der Waals surface area contributed by atoms with E-state index in [2.05, 4.69) is 33.5 Å².